The molecule has 0 bridgehead atoms. The largest absolute Gasteiger partial charge is 0.346 e. The topological polar surface area (TPSA) is 88.3 Å². The van der Waals surface area contributed by atoms with Gasteiger partial charge in [0.15, 0.2) is 0 Å². The molecule has 22 heavy (non-hydrogen) atoms. The normalized spacial score (nSPS) is 11.2. The minimum atomic E-state index is -0.586. The summed E-state index contributed by atoms with van der Waals surface area (Å²) in [6.45, 7) is 6.11. The van der Waals surface area contributed by atoms with Gasteiger partial charge in [-0.25, -0.2) is 4.98 Å². The molecule has 0 saturated heterocycles. The molecule has 1 heterocycles. The molecular weight excluding hydrogens is 347 g/mol. The average molecular weight is 371 g/mol. The summed E-state index contributed by atoms with van der Waals surface area (Å²) in [5.41, 5.74) is 8.40. The fraction of sp³-hybridized carbons (Fsp3) is 0.615. The number of halogens is 2. The molecule has 128 valence electrons. The van der Waals surface area contributed by atoms with E-state index in [2.05, 4.69) is 10.3 Å². The van der Waals surface area contributed by atoms with E-state index < -0.39 is 6.04 Å². The number of amides is 2. The van der Waals surface area contributed by atoms with Gasteiger partial charge in [-0.15, -0.1) is 36.2 Å². The highest BCUT2D eigenvalue weighted by molar-refractivity contribution is 7.09. The number of carbonyl (C=O) groups is 2. The summed E-state index contributed by atoms with van der Waals surface area (Å²) in [4.78, 5) is 30.4. The molecule has 0 radical (unpaired) electrons. The van der Waals surface area contributed by atoms with Crippen LogP contribution in [0.15, 0.2) is 5.51 Å². The summed E-state index contributed by atoms with van der Waals surface area (Å²) in [6.07, 6.45) is 0. The second-order valence-corrected chi connectivity index (χ2v) is 6.04. The van der Waals surface area contributed by atoms with Crippen molar-refractivity contribution in [1.82, 2.24) is 15.2 Å². The molecule has 0 unspecified atom stereocenters. The molecule has 0 spiro atoms. The van der Waals surface area contributed by atoms with Crippen molar-refractivity contribution in [1.29, 1.82) is 0 Å². The van der Waals surface area contributed by atoms with Gasteiger partial charge in [-0.2, -0.15) is 0 Å². The summed E-state index contributed by atoms with van der Waals surface area (Å²) in [6, 6.07) is -0.586. The highest BCUT2D eigenvalue weighted by atomic mass is 35.5. The Bertz CT molecular complexity index is 482. The second kappa shape index (κ2) is 10.8. The lowest BCUT2D eigenvalue weighted by Gasteiger charge is -2.19. The molecule has 9 heteroatoms. The van der Waals surface area contributed by atoms with Crippen LogP contribution in [0.3, 0.4) is 0 Å². The quantitative estimate of drug-likeness (QED) is 0.790. The molecule has 2 amide bonds. The molecule has 1 rings (SSSR count). The van der Waals surface area contributed by atoms with Gasteiger partial charge in [0.2, 0.25) is 11.8 Å². The van der Waals surface area contributed by atoms with Crippen molar-refractivity contribution in [2.24, 2.45) is 11.7 Å². The molecule has 0 aliphatic rings. The van der Waals surface area contributed by atoms with E-state index in [-0.39, 0.29) is 49.1 Å². The first-order valence-electron chi connectivity index (χ1n) is 6.49. The minimum Gasteiger partial charge on any atom is -0.346 e. The molecule has 6 nitrogen and oxygen atoms in total. The van der Waals surface area contributed by atoms with Crippen LogP contribution in [0, 0.1) is 12.8 Å². The van der Waals surface area contributed by atoms with Crippen LogP contribution in [0.4, 0.5) is 0 Å². The van der Waals surface area contributed by atoms with E-state index in [1.165, 1.54) is 11.3 Å². The van der Waals surface area contributed by atoms with E-state index in [0.717, 1.165) is 10.6 Å². The third-order valence-electron chi connectivity index (χ3n) is 3.09. The van der Waals surface area contributed by atoms with E-state index in [1.54, 1.807) is 17.5 Å². The number of thiazole rings is 1. The van der Waals surface area contributed by atoms with Crippen molar-refractivity contribution in [2.75, 3.05) is 13.6 Å². The van der Waals surface area contributed by atoms with Crippen molar-refractivity contribution >= 4 is 48.0 Å². The Labute approximate surface area is 147 Å². The number of nitrogens with zero attached hydrogens (tertiary/aromatic N) is 2. The Kier molecular flexibility index (Phi) is 11.4. The van der Waals surface area contributed by atoms with Gasteiger partial charge >= 0.3 is 0 Å². The van der Waals surface area contributed by atoms with Gasteiger partial charge in [0.05, 0.1) is 30.3 Å². The first kappa shape index (κ1) is 23.4. The number of likely N-dealkylation sites (N-methyl/N-ethyl adjacent to an activating group) is 1. The number of nitrogens with one attached hydrogen (secondary N) is 1. The third-order valence-corrected chi connectivity index (χ3v) is 4.01. The molecular formula is C13H24Cl2N4O2S. The van der Waals surface area contributed by atoms with Crippen molar-refractivity contribution in [3.05, 3.63) is 16.1 Å². The van der Waals surface area contributed by atoms with Crippen LogP contribution in [0.5, 0.6) is 0 Å². The zero-order valence-corrected chi connectivity index (χ0v) is 15.6. The maximum atomic E-state index is 11.9. The standard InChI is InChI=1S/C13H22N4O2S.2ClH/c1-8(2)12(14)13(19)15-5-11(18)17(4)6-10-9(3)16-7-20-10;;/h7-8,12H,5-6,14H2,1-4H3,(H,15,19);2*1H/t12-;;/m0../s1. The molecule has 0 aliphatic carbocycles. The van der Waals surface area contributed by atoms with Crippen molar-refractivity contribution in [3.8, 4) is 0 Å². The first-order chi connectivity index (χ1) is 9.32. The van der Waals surface area contributed by atoms with E-state index in [0.29, 0.717) is 6.54 Å². The Morgan fingerprint density at radius 1 is 1.41 bits per heavy atom. The number of nitrogens with two attached hydrogens (primary N) is 1. The minimum absolute atomic E-state index is 0. The first-order valence-corrected chi connectivity index (χ1v) is 7.37. The van der Waals surface area contributed by atoms with Crippen LogP contribution in [0.2, 0.25) is 0 Å². The van der Waals surface area contributed by atoms with Crippen LogP contribution < -0.4 is 11.1 Å². The number of aromatic nitrogens is 1. The van der Waals surface area contributed by atoms with E-state index >= 15 is 0 Å². The van der Waals surface area contributed by atoms with Gasteiger partial charge in [-0.1, -0.05) is 13.8 Å². The zero-order valence-electron chi connectivity index (χ0n) is 13.2. The molecule has 1 aromatic heterocycles. The predicted molar refractivity (Wildman–Crippen MR) is 93.6 cm³/mol. The van der Waals surface area contributed by atoms with Crippen molar-refractivity contribution in [3.63, 3.8) is 0 Å². The van der Waals surface area contributed by atoms with Gasteiger partial charge in [-0.05, 0) is 12.8 Å². The van der Waals surface area contributed by atoms with E-state index in [4.69, 9.17) is 5.73 Å². The second-order valence-electron chi connectivity index (χ2n) is 5.10. The van der Waals surface area contributed by atoms with Crippen LogP contribution in [0.1, 0.15) is 24.4 Å². The molecule has 0 aliphatic heterocycles. The van der Waals surface area contributed by atoms with Crippen LogP contribution in [0.25, 0.3) is 0 Å². The highest BCUT2D eigenvalue weighted by Gasteiger charge is 2.19. The van der Waals surface area contributed by atoms with Crippen molar-refractivity contribution in [2.45, 2.75) is 33.4 Å². The lowest BCUT2D eigenvalue weighted by molar-refractivity contribution is -0.132. The van der Waals surface area contributed by atoms with Crippen LogP contribution in [-0.4, -0.2) is 41.3 Å². The average Bonchev–Trinajstić information content (AvgIpc) is 2.79. The summed E-state index contributed by atoms with van der Waals surface area (Å²) in [7, 11) is 1.70. The third kappa shape index (κ3) is 6.91. The fourth-order valence-corrected chi connectivity index (χ4v) is 2.33. The summed E-state index contributed by atoms with van der Waals surface area (Å²) in [5, 5.41) is 2.57. The van der Waals surface area contributed by atoms with Gasteiger partial charge in [0.1, 0.15) is 0 Å². The highest BCUT2D eigenvalue weighted by Crippen LogP contribution is 2.13. The number of aryl methyl sites for hydroxylation is 1. The molecule has 1 aromatic rings. The fourth-order valence-electron chi connectivity index (χ4n) is 1.50. The Morgan fingerprint density at radius 2 is 2.00 bits per heavy atom. The molecule has 0 aromatic carbocycles. The molecule has 0 fully saturated rings. The summed E-state index contributed by atoms with van der Waals surface area (Å²) in [5.74, 6) is -0.402. The van der Waals surface area contributed by atoms with Gasteiger partial charge < -0.3 is 16.0 Å². The Hall–Kier alpha value is -0.890. The van der Waals surface area contributed by atoms with E-state index in [9.17, 15) is 9.59 Å². The number of rotatable bonds is 6. The zero-order chi connectivity index (χ0) is 15.3. The predicted octanol–water partition coefficient (Wildman–Crippen LogP) is 1.35. The Morgan fingerprint density at radius 3 is 2.45 bits per heavy atom. The number of carbonyl (C=O) groups excluding carboxylic acids is 2. The van der Waals surface area contributed by atoms with Crippen LogP contribution >= 0.6 is 36.2 Å². The van der Waals surface area contributed by atoms with Crippen molar-refractivity contribution < 1.29 is 9.59 Å². The van der Waals surface area contributed by atoms with E-state index in [1.807, 2.05) is 20.8 Å². The molecule has 1 atom stereocenters. The summed E-state index contributed by atoms with van der Waals surface area (Å²) >= 11 is 1.52. The Balaban J connectivity index is 0. The van der Waals surface area contributed by atoms with Gasteiger partial charge in [0.25, 0.3) is 0 Å². The maximum absolute atomic E-state index is 11.9. The monoisotopic (exact) mass is 370 g/mol. The smallest absolute Gasteiger partial charge is 0.242 e. The molecule has 3 N–H and O–H groups in total. The van der Waals surface area contributed by atoms with Gasteiger partial charge in [0, 0.05) is 11.9 Å². The molecule has 0 saturated carbocycles. The number of hydrogen-bond acceptors (Lipinski definition) is 5. The van der Waals surface area contributed by atoms with Crippen LogP contribution in [-0.2, 0) is 16.1 Å². The van der Waals surface area contributed by atoms with Gasteiger partial charge in [-0.3, -0.25) is 9.59 Å². The lowest BCUT2D eigenvalue weighted by atomic mass is 10.1. The lowest BCUT2D eigenvalue weighted by Crippen LogP contribution is -2.47. The summed E-state index contributed by atoms with van der Waals surface area (Å²) < 4.78 is 0. The SMILES string of the molecule is Cc1ncsc1CN(C)C(=O)CNC(=O)[C@@H](N)C(C)C.Cl.Cl. The number of hydrogen-bond donors (Lipinski definition) is 2. The maximum Gasteiger partial charge on any atom is 0.242 e.